The van der Waals surface area contributed by atoms with Crippen molar-refractivity contribution in [3.63, 3.8) is 0 Å². The van der Waals surface area contributed by atoms with E-state index in [2.05, 4.69) is 0 Å². The second-order valence-corrected chi connectivity index (χ2v) is 8.97. The standard InChI is InChI=1S/C20H37NO16/c21-1-2-32-19-16(13(29)10(26)7(4-23)34-19)37-20-17(14(30)11(27)8(5-24)35-20)36-18-15(31)12(28)9(25)6(3-22)33-18/h6-20,22-31H,1-5,21H2/t6-,7-,8-,9-,10-,11-,12+,13+,14+,15+,16+,17+,18+,19+,20+/m1/s1. The summed E-state index contributed by atoms with van der Waals surface area (Å²) >= 11 is 0. The van der Waals surface area contributed by atoms with Crippen LogP contribution in [-0.4, -0.2) is 176 Å². The molecule has 12 N–H and O–H groups in total. The molecular weight excluding hydrogens is 510 g/mol. The second kappa shape index (κ2) is 13.6. The predicted octanol–water partition coefficient (Wildman–Crippen LogP) is -7.59. The van der Waals surface area contributed by atoms with Gasteiger partial charge in [-0.25, -0.2) is 0 Å². The first-order chi connectivity index (χ1) is 17.6. The van der Waals surface area contributed by atoms with Crippen molar-refractivity contribution in [2.75, 3.05) is 33.0 Å². The zero-order chi connectivity index (χ0) is 27.4. The fourth-order valence-electron chi connectivity index (χ4n) is 4.32. The van der Waals surface area contributed by atoms with E-state index in [1.165, 1.54) is 0 Å². The lowest BCUT2D eigenvalue weighted by Gasteiger charge is -2.48. The summed E-state index contributed by atoms with van der Waals surface area (Å²) in [6.07, 6.45) is -24.6. The fourth-order valence-corrected chi connectivity index (χ4v) is 4.32. The van der Waals surface area contributed by atoms with Crippen molar-refractivity contribution in [1.82, 2.24) is 0 Å². The largest absolute Gasteiger partial charge is 0.394 e. The van der Waals surface area contributed by atoms with E-state index in [4.69, 9.17) is 34.2 Å². The van der Waals surface area contributed by atoms with Crippen LogP contribution in [0.3, 0.4) is 0 Å². The van der Waals surface area contributed by atoms with Crippen LogP contribution in [0.5, 0.6) is 0 Å². The lowest BCUT2D eigenvalue weighted by atomic mass is 9.96. The highest BCUT2D eigenvalue weighted by atomic mass is 16.8. The minimum atomic E-state index is -1.88. The van der Waals surface area contributed by atoms with Crippen LogP contribution in [0.1, 0.15) is 0 Å². The Hall–Kier alpha value is -0.680. The molecule has 0 radical (unpaired) electrons. The molecule has 0 aromatic carbocycles. The van der Waals surface area contributed by atoms with E-state index in [1.54, 1.807) is 0 Å². The maximum Gasteiger partial charge on any atom is 0.187 e. The topological polar surface area (TPSA) is 284 Å². The van der Waals surface area contributed by atoms with Gasteiger partial charge in [0.15, 0.2) is 18.9 Å². The Morgan fingerprint density at radius 2 is 0.919 bits per heavy atom. The van der Waals surface area contributed by atoms with Crippen LogP contribution in [0.2, 0.25) is 0 Å². The Morgan fingerprint density at radius 3 is 1.41 bits per heavy atom. The minimum Gasteiger partial charge on any atom is -0.394 e. The SMILES string of the molecule is NCCO[C@H]1O[C@H](CO)[C@@H](O)[C@H](O)[C@@H]1O[C@@H]1O[C@H](CO)[C@@H](O)[C@H](O)[C@@H]1O[C@@H]1O[C@H](CO)[C@@H](O)[C@H](O)[C@@H]1O. The van der Waals surface area contributed by atoms with Gasteiger partial charge in [-0.1, -0.05) is 0 Å². The molecule has 0 amide bonds. The van der Waals surface area contributed by atoms with E-state index in [0.29, 0.717) is 0 Å². The molecule has 218 valence electrons. The predicted molar refractivity (Wildman–Crippen MR) is 114 cm³/mol. The monoisotopic (exact) mass is 547 g/mol. The van der Waals surface area contributed by atoms with Crippen molar-refractivity contribution in [3.05, 3.63) is 0 Å². The molecule has 0 aromatic heterocycles. The highest BCUT2D eigenvalue weighted by Crippen LogP contribution is 2.33. The summed E-state index contributed by atoms with van der Waals surface area (Å²) < 4.78 is 33.0. The van der Waals surface area contributed by atoms with Gasteiger partial charge in [0.05, 0.1) is 26.4 Å². The third-order valence-corrected chi connectivity index (χ3v) is 6.48. The molecule has 17 nitrogen and oxygen atoms in total. The molecule has 0 unspecified atom stereocenters. The second-order valence-electron chi connectivity index (χ2n) is 8.97. The molecule has 0 aromatic rings. The summed E-state index contributed by atoms with van der Waals surface area (Å²) in [5.74, 6) is 0. The van der Waals surface area contributed by atoms with Crippen molar-refractivity contribution >= 4 is 0 Å². The van der Waals surface area contributed by atoms with Gasteiger partial charge in [0.25, 0.3) is 0 Å². The molecule has 0 bridgehead atoms. The van der Waals surface area contributed by atoms with Crippen LogP contribution in [0.4, 0.5) is 0 Å². The summed E-state index contributed by atoms with van der Waals surface area (Å²) in [5.41, 5.74) is 5.45. The maximum atomic E-state index is 10.7. The number of aliphatic hydroxyl groups is 10. The van der Waals surface area contributed by atoms with E-state index in [-0.39, 0.29) is 13.2 Å². The Morgan fingerprint density at radius 1 is 0.514 bits per heavy atom. The van der Waals surface area contributed by atoms with Crippen LogP contribution >= 0.6 is 0 Å². The van der Waals surface area contributed by atoms with Crippen LogP contribution in [-0.2, 0) is 28.4 Å². The lowest BCUT2D eigenvalue weighted by molar-refractivity contribution is -0.393. The van der Waals surface area contributed by atoms with Crippen molar-refractivity contribution in [3.8, 4) is 0 Å². The Kier molecular flexibility index (Phi) is 11.3. The average molecular weight is 548 g/mol. The first-order valence-electron chi connectivity index (χ1n) is 11.8. The van der Waals surface area contributed by atoms with Crippen LogP contribution in [0.25, 0.3) is 0 Å². The zero-order valence-corrected chi connectivity index (χ0v) is 19.7. The van der Waals surface area contributed by atoms with Crippen molar-refractivity contribution in [2.24, 2.45) is 5.73 Å². The number of aliphatic hydroxyl groups excluding tert-OH is 10. The van der Waals surface area contributed by atoms with Gasteiger partial charge >= 0.3 is 0 Å². The molecule has 37 heavy (non-hydrogen) atoms. The van der Waals surface area contributed by atoms with E-state index in [9.17, 15) is 51.1 Å². The average Bonchev–Trinajstić information content (AvgIpc) is 2.90. The Labute approximate surface area is 211 Å². The van der Waals surface area contributed by atoms with Gasteiger partial charge in [-0.2, -0.15) is 0 Å². The number of nitrogens with two attached hydrogens (primary N) is 1. The van der Waals surface area contributed by atoms with Gasteiger partial charge in [0, 0.05) is 6.54 Å². The van der Waals surface area contributed by atoms with Gasteiger partial charge in [0.2, 0.25) is 0 Å². The molecule has 3 rings (SSSR count). The number of rotatable bonds is 10. The van der Waals surface area contributed by atoms with Crippen LogP contribution in [0.15, 0.2) is 0 Å². The normalized spacial score (nSPS) is 49.2. The lowest BCUT2D eigenvalue weighted by Crippen LogP contribution is -2.67. The molecule has 3 aliphatic rings. The van der Waals surface area contributed by atoms with E-state index in [0.717, 1.165) is 0 Å². The molecule has 3 aliphatic heterocycles. The molecule has 0 spiro atoms. The maximum absolute atomic E-state index is 10.7. The van der Waals surface area contributed by atoms with Crippen LogP contribution in [0, 0.1) is 0 Å². The van der Waals surface area contributed by atoms with Crippen LogP contribution < -0.4 is 5.73 Å². The van der Waals surface area contributed by atoms with Gasteiger partial charge in [-0.3, -0.25) is 0 Å². The smallest absolute Gasteiger partial charge is 0.187 e. The summed E-state index contributed by atoms with van der Waals surface area (Å²) in [5, 5.41) is 101. The van der Waals surface area contributed by atoms with E-state index >= 15 is 0 Å². The first-order valence-corrected chi connectivity index (χ1v) is 11.8. The summed E-state index contributed by atoms with van der Waals surface area (Å²) in [4.78, 5) is 0. The molecule has 3 fully saturated rings. The summed E-state index contributed by atoms with van der Waals surface area (Å²) in [6, 6.07) is 0. The molecule has 3 saturated heterocycles. The third kappa shape index (κ3) is 6.56. The van der Waals surface area contributed by atoms with Gasteiger partial charge in [-0.05, 0) is 0 Å². The highest BCUT2D eigenvalue weighted by Gasteiger charge is 2.54. The van der Waals surface area contributed by atoms with Gasteiger partial charge in [0.1, 0.15) is 73.2 Å². The fraction of sp³-hybridized carbons (Fsp3) is 1.00. The van der Waals surface area contributed by atoms with Crippen molar-refractivity contribution in [2.45, 2.75) is 92.1 Å². The Bertz CT molecular complexity index is 691. The Balaban J connectivity index is 1.86. The number of ether oxygens (including phenoxy) is 6. The zero-order valence-electron chi connectivity index (χ0n) is 19.7. The molecule has 17 heteroatoms. The van der Waals surface area contributed by atoms with E-state index in [1.807, 2.05) is 0 Å². The molecule has 0 aliphatic carbocycles. The number of hydrogen-bond donors (Lipinski definition) is 11. The molecule has 15 atom stereocenters. The minimum absolute atomic E-state index is 0.0370. The van der Waals surface area contributed by atoms with Gasteiger partial charge in [-0.15, -0.1) is 0 Å². The number of hydrogen-bond acceptors (Lipinski definition) is 17. The van der Waals surface area contributed by atoms with E-state index < -0.39 is 112 Å². The molecule has 3 heterocycles. The van der Waals surface area contributed by atoms with Crippen molar-refractivity contribution in [1.29, 1.82) is 0 Å². The molecular formula is C20H37NO16. The highest BCUT2D eigenvalue weighted by molar-refractivity contribution is 4.96. The van der Waals surface area contributed by atoms with Gasteiger partial charge < -0.3 is 85.2 Å². The van der Waals surface area contributed by atoms with Crippen molar-refractivity contribution < 1.29 is 79.5 Å². The third-order valence-electron chi connectivity index (χ3n) is 6.48. The summed E-state index contributed by atoms with van der Waals surface area (Å²) in [7, 11) is 0. The quantitative estimate of drug-likeness (QED) is 0.121. The first kappa shape index (κ1) is 30.9. The summed E-state index contributed by atoms with van der Waals surface area (Å²) in [6.45, 7) is -2.26. The molecule has 0 saturated carbocycles.